The van der Waals surface area contributed by atoms with Gasteiger partial charge in [0.25, 0.3) is 0 Å². The fourth-order valence-corrected chi connectivity index (χ4v) is 0.886. The van der Waals surface area contributed by atoms with Crippen LogP contribution in [-0.2, 0) is 0 Å². The molecule has 1 nitrogen and oxygen atoms in total. The number of rotatable bonds is 0. The van der Waals surface area contributed by atoms with E-state index >= 15 is 0 Å². The molecule has 1 rings (SSSR count). The molecule has 1 N–H and O–H groups in total. The summed E-state index contributed by atoms with van der Waals surface area (Å²) < 4.78 is 0. The molecule has 1 aromatic rings. The van der Waals surface area contributed by atoms with Gasteiger partial charge in [0.05, 0.1) is 10.0 Å². The number of phenolic OH excluding ortho intramolecular Hbond substituents is 1. The van der Waals surface area contributed by atoms with Gasteiger partial charge in [0.1, 0.15) is 0 Å². The Labute approximate surface area is 81.1 Å². The van der Waals surface area contributed by atoms with Crippen molar-refractivity contribution in [2.45, 2.75) is 0 Å². The fourth-order valence-electron chi connectivity index (χ4n) is 0.489. The van der Waals surface area contributed by atoms with E-state index in [1.165, 1.54) is 0 Å². The molecule has 0 unspecified atom stereocenters. The van der Waals surface area contributed by atoms with Crippen molar-refractivity contribution in [3.8, 4) is 5.75 Å². The summed E-state index contributed by atoms with van der Waals surface area (Å²) in [4.78, 5) is 0. The summed E-state index contributed by atoms with van der Waals surface area (Å²) in [6.07, 6.45) is 0. The molecule has 0 aliphatic rings. The van der Waals surface area contributed by atoms with Gasteiger partial charge in [-0.2, -0.15) is 0 Å². The Kier molecular flexibility index (Phi) is 4.24. The van der Waals surface area contributed by atoms with Crippen LogP contribution in [0.5, 0.6) is 5.75 Å². The second-order valence-corrected chi connectivity index (χ2v) is 2.38. The second-order valence-electron chi connectivity index (χ2n) is 1.57. The molecule has 10 heavy (non-hydrogen) atoms. The van der Waals surface area contributed by atoms with Crippen molar-refractivity contribution in [2.75, 3.05) is 0 Å². The summed E-state index contributed by atoms with van der Waals surface area (Å²) in [5, 5.41) is 9.50. The molecule has 0 saturated heterocycles. The van der Waals surface area contributed by atoms with Gasteiger partial charge in [-0.1, -0.05) is 29.3 Å². The zero-order valence-corrected chi connectivity index (χ0v) is 5.95. The van der Waals surface area contributed by atoms with Gasteiger partial charge in [-0.15, -0.1) is 0 Å². The van der Waals surface area contributed by atoms with Crippen LogP contribution >= 0.6 is 23.2 Å². The number of halogens is 2. The Morgan fingerprint density at radius 3 is 1.80 bits per heavy atom. The van der Waals surface area contributed by atoms with Gasteiger partial charge >= 0.3 is 18.9 Å². The van der Waals surface area contributed by atoms with E-state index in [-0.39, 0.29) is 34.7 Å². The molecule has 0 aromatic heterocycles. The molecule has 50 valence electrons. The summed E-state index contributed by atoms with van der Waals surface area (Å²) in [6.45, 7) is 0. The first-order chi connectivity index (χ1) is 4.22. The molecule has 0 atom stereocenters. The zero-order valence-electron chi connectivity index (χ0n) is 4.44. The van der Waals surface area contributed by atoms with Gasteiger partial charge in [0.2, 0.25) is 0 Å². The Bertz CT molecular complexity index is 207. The molecule has 0 aliphatic carbocycles. The van der Waals surface area contributed by atoms with Crippen molar-refractivity contribution >= 4 is 42.1 Å². The molecular weight excluding hydrogens is 166 g/mol. The predicted octanol–water partition coefficient (Wildman–Crippen LogP) is 2.05. The Balaban J connectivity index is 0.000000810. The van der Waals surface area contributed by atoms with E-state index in [0.717, 1.165) is 0 Å². The van der Waals surface area contributed by atoms with E-state index in [4.69, 9.17) is 28.3 Å². The maximum atomic E-state index is 8.94. The van der Waals surface area contributed by atoms with Crippen LogP contribution in [0.4, 0.5) is 0 Å². The van der Waals surface area contributed by atoms with Crippen molar-refractivity contribution in [1.82, 2.24) is 0 Å². The van der Waals surface area contributed by atoms with E-state index in [2.05, 4.69) is 0 Å². The molecule has 0 spiro atoms. The van der Waals surface area contributed by atoms with E-state index in [1.54, 1.807) is 18.2 Å². The average molecular weight is 171 g/mol. The first-order valence-corrected chi connectivity index (χ1v) is 3.10. The summed E-state index contributed by atoms with van der Waals surface area (Å²) in [7, 11) is 0. The Hall–Kier alpha value is 0.197. The van der Waals surface area contributed by atoms with Crippen molar-refractivity contribution in [2.24, 2.45) is 0 Å². The molecule has 0 amide bonds. The maximum absolute atomic E-state index is 8.94. The van der Waals surface area contributed by atoms with Crippen molar-refractivity contribution in [3.05, 3.63) is 28.2 Å². The van der Waals surface area contributed by atoms with Crippen molar-refractivity contribution in [1.29, 1.82) is 0 Å². The van der Waals surface area contributed by atoms with Crippen LogP contribution in [0.2, 0.25) is 10.0 Å². The number of hydrogen-bond donors (Lipinski definition) is 1. The number of benzene rings is 1. The zero-order chi connectivity index (χ0) is 6.85. The van der Waals surface area contributed by atoms with Crippen LogP contribution in [0.25, 0.3) is 0 Å². The molecule has 1 aromatic carbocycles. The summed E-state index contributed by atoms with van der Waals surface area (Å²) >= 11 is 11.0. The quantitative estimate of drug-likeness (QED) is 0.592. The molecule has 0 bridgehead atoms. The first kappa shape index (κ1) is 10.2. The fraction of sp³-hybridized carbons (Fsp3) is 0. The summed E-state index contributed by atoms with van der Waals surface area (Å²) in [5.74, 6) is -0.0548. The van der Waals surface area contributed by atoms with Gasteiger partial charge in [0, 0.05) is 0 Å². The van der Waals surface area contributed by atoms with Crippen LogP contribution in [0.3, 0.4) is 0 Å². The Morgan fingerprint density at radius 1 is 1.10 bits per heavy atom. The van der Waals surface area contributed by atoms with Gasteiger partial charge in [-0.25, -0.2) is 0 Å². The molecule has 0 saturated carbocycles. The van der Waals surface area contributed by atoms with E-state index in [9.17, 15) is 0 Å². The normalized spacial score (nSPS) is 8.60. The van der Waals surface area contributed by atoms with Crippen LogP contribution in [0.1, 0.15) is 0 Å². The van der Waals surface area contributed by atoms with Crippen molar-refractivity contribution < 1.29 is 5.11 Å². The van der Waals surface area contributed by atoms with Crippen LogP contribution in [0, 0.1) is 0 Å². The topological polar surface area (TPSA) is 20.2 Å². The van der Waals surface area contributed by atoms with Gasteiger partial charge in [-0.05, 0) is 12.1 Å². The predicted molar refractivity (Wildman–Crippen MR) is 45.3 cm³/mol. The van der Waals surface area contributed by atoms with Crippen LogP contribution < -0.4 is 0 Å². The third kappa shape index (κ3) is 2.11. The average Bonchev–Trinajstić information content (AvgIpc) is 1.83. The minimum atomic E-state index is -0.0548. The number of aromatic hydroxyl groups is 1. The number of hydrogen-bond acceptors (Lipinski definition) is 1. The number of para-hydroxylation sites is 1. The van der Waals surface area contributed by atoms with E-state index in [0.29, 0.717) is 0 Å². The molecular formula is C6H5Cl2LiO. The Morgan fingerprint density at radius 2 is 1.50 bits per heavy atom. The molecule has 0 radical (unpaired) electrons. The second kappa shape index (κ2) is 4.15. The molecule has 4 heteroatoms. The standard InChI is InChI=1S/C6H4Cl2O.Li.H/c7-4-2-1-3-5(8)6(4)9;;/h1-3,9H;;. The van der Waals surface area contributed by atoms with Crippen LogP contribution in [-0.4, -0.2) is 24.0 Å². The molecule has 0 fully saturated rings. The van der Waals surface area contributed by atoms with E-state index < -0.39 is 0 Å². The van der Waals surface area contributed by atoms with Crippen molar-refractivity contribution in [3.63, 3.8) is 0 Å². The van der Waals surface area contributed by atoms with Crippen LogP contribution in [0.15, 0.2) is 18.2 Å². The van der Waals surface area contributed by atoms with Gasteiger partial charge < -0.3 is 5.11 Å². The minimum absolute atomic E-state index is 0. The monoisotopic (exact) mass is 170 g/mol. The van der Waals surface area contributed by atoms with Gasteiger partial charge in [-0.3, -0.25) is 0 Å². The third-order valence-corrected chi connectivity index (χ3v) is 1.55. The van der Waals surface area contributed by atoms with E-state index in [1.807, 2.05) is 0 Å². The molecule has 0 aliphatic heterocycles. The summed E-state index contributed by atoms with van der Waals surface area (Å²) in [6, 6.07) is 4.82. The number of phenols is 1. The first-order valence-electron chi connectivity index (χ1n) is 2.35. The third-order valence-electron chi connectivity index (χ3n) is 0.938. The SMILES string of the molecule is Oc1c(Cl)cccc1Cl.[LiH]. The van der Waals surface area contributed by atoms with Gasteiger partial charge in [0.15, 0.2) is 5.75 Å². The summed E-state index contributed by atoms with van der Waals surface area (Å²) in [5.41, 5.74) is 0. The molecule has 0 heterocycles.